The van der Waals surface area contributed by atoms with Gasteiger partial charge in [-0.2, -0.15) is 0 Å². The lowest BCUT2D eigenvalue weighted by atomic mass is 9.93. The van der Waals surface area contributed by atoms with Crippen molar-refractivity contribution in [3.8, 4) is 0 Å². The van der Waals surface area contributed by atoms with E-state index in [0.29, 0.717) is 6.04 Å². The van der Waals surface area contributed by atoms with E-state index in [1.54, 1.807) is 0 Å². The Morgan fingerprint density at radius 2 is 1.88 bits per heavy atom. The van der Waals surface area contributed by atoms with Gasteiger partial charge in [0.2, 0.25) is 0 Å². The smallest absolute Gasteiger partial charge is 0.303 e. The highest BCUT2D eigenvalue weighted by Crippen LogP contribution is 2.23. The fourth-order valence-electron chi connectivity index (χ4n) is 2.67. The molecule has 3 nitrogen and oxygen atoms in total. The van der Waals surface area contributed by atoms with E-state index in [0.717, 1.165) is 6.54 Å². The van der Waals surface area contributed by atoms with Crippen molar-refractivity contribution in [1.82, 2.24) is 4.90 Å². The molecule has 94 valence electrons. The molecule has 0 N–H and O–H groups in total. The molecule has 0 aromatic rings. The van der Waals surface area contributed by atoms with Crippen molar-refractivity contribution in [2.75, 3.05) is 13.6 Å². The van der Waals surface area contributed by atoms with E-state index in [1.165, 1.54) is 39.0 Å². The molecule has 1 rings (SSSR count). The van der Waals surface area contributed by atoms with Gasteiger partial charge < -0.3 is 4.74 Å². The van der Waals surface area contributed by atoms with Crippen molar-refractivity contribution in [2.24, 2.45) is 0 Å². The number of hydrogen-bond donors (Lipinski definition) is 0. The molecule has 0 aromatic carbocycles. The summed E-state index contributed by atoms with van der Waals surface area (Å²) < 4.78 is 5.32. The largest absolute Gasteiger partial charge is 0.458 e. The van der Waals surface area contributed by atoms with Crippen molar-refractivity contribution in [3.05, 3.63) is 0 Å². The molecule has 1 fully saturated rings. The topological polar surface area (TPSA) is 29.5 Å². The molecule has 0 atom stereocenters. The first-order valence-corrected chi connectivity index (χ1v) is 6.30. The van der Waals surface area contributed by atoms with Crippen molar-refractivity contribution in [2.45, 2.75) is 64.5 Å². The summed E-state index contributed by atoms with van der Waals surface area (Å²) in [4.78, 5) is 13.3. The van der Waals surface area contributed by atoms with Crippen LogP contribution in [0.25, 0.3) is 0 Å². The molecule has 0 spiro atoms. The van der Waals surface area contributed by atoms with Crippen LogP contribution in [0.4, 0.5) is 0 Å². The molecule has 1 aliphatic carbocycles. The Balaban J connectivity index is 2.41. The number of hydrogen-bond acceptors (Lipinski definition) is 3. The predicted octanol–water partition coefficient (Wildman–Crippen LogP) is 2.59. The number of ether oxygens (including phenoxy) is 1. The summed E-state index contributed by atoms with van der Waals surface area (Å²) in [5.41, 5.74) is -0.377. The standard InChI is InChI=1S/C13H25NO2/c1-11(15)16-13(2,3)10-14(4)12-8-6-5-7-9-12/h12H,5-10H2,1-4H3. The summed E-state index contributed by atoms with van der Waals surface area (Å²) in [5, 5.41) is 0. The number of carbonyl (C=O) groups is 1. The molecule has 0 bridgehead atoms. The quantitative estimate of drug-likeness (QED) is 0.691. The van der Waals surface area contributed by atoms with E-state index in [9.17, 15) is 4.79 Å². The lowest BCUT2D eigenvalue weighted by Gasteiger charge is -2.36. The van der Waals surface area contributed by atoms with Gasteiger partial charge in [0, 0.05) is 19.5 Å². The van der Waals surface area contributed by atoms with Crippen LogP contribution in [0, 0.1) is 0 Å². The van der Waals surface area contributed by atoms with E-state index in [1.807, 2.05) is 13.8 Å². The Hall–Kier alpha value is -0.570. The first kappa shape index (κ1) is 13.5. The third kappa shape index (κ3) is 4.52. The van der Waals surface area contributed by atoms with Gasteiger partial charge in [0.25, 0.3) is 0 Å². The van der Waals surface area contributed by atoms with Crippen LogP contribution in [0.1, 0.15) is 52.9 Å². The average molecular weight is 227 g/mol. The van der Waals surface area contributed by atoms with E-state index in [4.69, 9.17) is 4.74 Å². The minimum atomic E-state index is -0.377. The first-order valence-electron chi connectivity index (χ1n) is 6.30. The molecule has 16 heavy (non-hydrogen) atoms. The maximum atomic E-state index is 11.0. The second-order valence-corrected chi connectivity index (χ2v) is 5.56. The SMILES string of the molecule is CC(=O)OC(C)(C)CN(C)C1CCCCC1. The zero-order chi connectivity index (χ0) is 12.2. The van der Waals surface area contributed by atoms with Gasteiger partial charge in [-0.15, -0.1) is 0 Å². The molecular weight excluding hydrogens is 202 g/mol. The number of nitrogens with zero attached hydrogens (tertiary/aromatic N) is 1. The van der Waals surface area contributed by atoms with E-state index < -0.39 is 0 Å². The third-order valence-electron chi connectivity index (χ3n) is 3.25. The second kappa shape index (κ2) is 5.67. The predicted molar refractivity (Wildman–Crippen MR) is 65.3 cm³/mol. The molecule has 0 aliphatic heterocycles. The first-order chi connectivity index (χ1) is 7.41. The van der Waals surface area contributed by atoms with Gasteiger partial charge in [0.05, 0.1) is 0 Å². The van der Waals surface area contributed by atoms with Gasteiger partial charge in [0.1, 0.15) is 5.60 Å². The fourth-order valence-corrected chi connectivity index (χ4v) is 2.67. The zero-order valence-electron chi connectivity index (χ0n) is 11.1. The van der Waals surface area contributed by atoms with Crippen molar-refractivity contribution in [1.29, 1.82) is 0 Å². The zero-order valence-corrected chi connectivity index (χ0v) is 11.1. The summed E-state index contributed by atoms with van der Waals surface area (Å²) in [7, 11) is 2.14. The molecule has 1 aliphatic rings. The lowest BCUT2D eigenvalue weighted by Crippen LogP contribution is -2.45. The number of carbonyl (C=O) groups excluding carboxylic acids is 1. The molecule has 0 unspecified atom stereocenters. The van der Waals surface area contributed by atoms with Crippen molar-refractivity contribution >= 4 is 5.97 Å². The minimum Gasteiger partial charge on any atom is -0.458 e. The Labute approximate surface area is 99.1 Å². The summed E-state index contributed by atoms with van der Waals surface area (Å²) in [6.45, 7) is 6.25. The van der Waals surface area contributed by atoms with Crippen LogP contribution in [0.5, 0.6) is 0 Å². The van der Waals surface area contributed by atoms with Gasteiger partial charge in [-0.3, -0.25) is 9.69 Å². The maximum Gasteiger partial charge on any atom is 0.303 e. The Bertz CT molecular complexity index is 232. The second-order valence-electron chi connectivity index (χ2n) is 5.56. The molecule has 1 saturated carbocycles. The third-order valence-corrected chi connectivity index (χ3v) is 3.25. The fraction of sp³-hybridized carbons (Fsp3) is 0.923. The van der Waals surface area contributed by atoms with Crippen LogP contribution in [0.15, 0.2) is 0 Å². The van der Waals surface area contributed by atoms with E-state index in [2.05, 4.69) is 11.9 Å². The minimum absolute atomic E-state index is 0.193. The molecule has 0 saturated heterocycles. The van der Waals surface area contributed by atoms with Gasteiger partial charge in [-0.1, -0.05) is 19.3 Å². The van der Waals surface area contributed by atoms with E-state index >= 15 is 0 Å². The van der Waals surface area contributed by atoms with Gasteiger partial charge >= 0.3 is 5.97 Å². The average Bonchev–Trinajstić information content (AvgIpc) is 2.16. The summed E-state index contributed by atoms with van der Waals surface area (Å²) in [5.74, 6) is -0.193. The van der Waals surface area contributed by atoms with Crippen molar-refractivity contribution in [3.63, 3.8) is 0 Å². The van der Waals surface area contributed by atoms with Crippen LogP contribution >= 0.6 is 0 Å². The highest BCUT2D eigenvalue weighted by molar-refractivity contribution is 5.66. The Morgan fingerprint density at radius 3 is 2.38 bits per heavy atom. The number of likely N-dealkylation sites (N-methyl/N-ethyl adjacent to an activating group) is 1. The van der Waals surface area contributed by atoms with Gasteiger partial charge in [0.15, 0.2) is 0 Å². The van der Waals surface area contributed by atoms with E-state index in [-0.39, 0.29) is 11.6 Å². The van der Waals surface area contributed by atoms with Crippen LogP contribution in [-0.2, 0) is 9.53 Å². The summed E-state index contributed by atoms with van der Waals surface area (Å²) in [6, 6.07) is 0.670. The molecule has 3 heteroatoms. The molecule has 0 aromatic heterocycles. The summed E-state index contributed by atoms with van der Waals surface area (Å²) in [6.07, 6.45) is 6.61. The van der Waals surface area contributed by atoms with Crippen LogP contribution in [0.3, 0.4) is 0 Å². The van der Waals surface area contributed by atoms with Crippen LogP contribution in [0.2, 0.25) is 0 Å². The highest BCUT2D eigenvalue weighted by atomic mass is 16.6. The maximum absolute atomic E-state index is 11.0. The van der Waals surface area contributed by atoms with Gasteiger partial charge in [-0.05, 0) is 33.7 Å². The van der Waals surface area contributed by atoms with Gasteiger partial charge in [-0.25, -0.2) is 0 Å². The Morgan fingerprint density at radius 1 is 1.31 bits per heavy atom. The molecule has 0 radical (unpaired) electrons. The number of esters is 1. The summed E-state index contributed by atoms with van der Waals surface area (Å²) >= 11 is 0. The van der Waals surface area contributed by atoms with Crippen LogP contribution in [-0.4, -0.2) is 36.1 Å². The lowest BCUT2D eigenvalue weighted by molar-refractivity contribution is -0.155. The molecular formula is C13H25NO2. The van der Waals surface area contributed by atoms with Crippen LogP contribution < -0.4 is 0 Å². The normalized spacial score (nSPS) is 18.8. The molecule has 0 amide bonds. The Kier molecular flexibility index (Phi) is 4.78. The monoisotopic (exact) mass is 227 g/mol. The molecule has 0 heterocycles. The number of rotatable bonds is 4. The highest BCUT2D eigenvalue weighted by Gasteiger charge is 2.27. The van der Waals surface area contributed by atoms with Crippen molar-refractivity contribution < 1.29 is 9.53 Å².